The molecule has 2 rings (SSSR count). The highest BCUT2D eigenvalue weighted by atomic mass is 33.1. The van der Waals surface area contributed by atoms with Gasteiger partial charge in [-0.25, -0.2) is 4.79 Å². The molecule has 5 atom stereocenters. The van der Waals surface area contributed by atoms with Crippen LogP contribution in [0.5, 0.6) is 0 Å². The Morgan fingerprint density at radius 3 is 2.97 bits per heavy atom. The largest absolute Gasteiger partial charge is 0.756 e. The third kappa shape index (κ3) is 7.29. The molecule has 162 valence electrons. The third-order valence-corrected chi connectivity index (χ3v) is 6.24. The number of nitrogens with two attached hydrogens (primary N) is 2. The summed E-state index contributed by atoms with van der Waals surface area (Å²) in [4.78, 5) is 35.9. The quantitative estimate of drug-likeness (QED) is 0.197. The lowest BCUT2D eigenvalue weighted by atomic mass is 10.2. The van der Waals surface area contributed by atoms with Crippen LogP contribution >= 0.6 is 29.4 Å². The van der Waals surface area contributed by atoms with E-state index in [-0.39, 0.29) is 24.2 Å². The van der Waals surface area contributed by atoms with E-state index in [0.29, 0.717) is 5.56 Å². The van der Waals surface area contributed by atoms with Crippen molar-refractivity contribution in [3.63, 3.8) is 0 Å². The smallest absolute Gasteiger partial charge is 0.351 e. The molecule has 0 aliphatic carbocycles. The number of nitrogen functional groups attached to an aromatic ring is 1. The van der Waals surface area contributed by atoms with Crippen molar-refractivity contribution in [2.75, 3.05) is 25.1 Å². The van der Waals surface area contributed by atoms with Gasteiger partial charge in [0.15, 0.2) is 0 Å². The number of ether oxygens (including phenoxy) is 2. The number of phosphoric ester groups is 1. The molecule has 2 unspecified atom stereocenters. The van der Waals surface area contributed by atoms with Gasteiger partial charge in [-0.15, -0.1) is 0 Å². The zero-order chi connectivity index (χ0) is 21.6. The van der Waals surface area contributed by atoms with Crippen LogP contribution in [0.4, 0.5) is 5.82 Å². The number of hydrogen-bond donors (Lipinski definition) is 3. The van der Waals surface area contributed by atoms with Crippen LogP contribution in [-0.4, -0.2) is 51.5 Å². The molecule has 0 radical (unpaired) electrons. The second kappa shape index (κ2) is 10.8. The fourth-order valence-electron chi connectivity index (χ4n) is 2.67. The molecule has 5 N–H and O–H groups in total. The fraction of sp³-hybridized carbons (Fsp3) is 0.600. The van der Waals surface area contributed by atoms with E-state index in [2.05, 4.69) is 21.3 Å². The van der Waals surface area contributed by atoms with Crippen LogP contribution in [0, 0.1) is 11.8 Å². The summed E-state index contributed by atoms with van der Waals surface area (Å²) in [6.07, 6.45) is 1.26. The molecule has 0 spiro atoms. The maximum absolute atomic E-state index is 12.3. The topological polar surface area (TPSA) is 175 Å². The maximum Gasteiger partial charge on any atom is 0.351 e. The van der Waals surface area contributed by atoms with Crippen molar-refractivity contribution in [3.05, 3.63) is 22.2 Å². The van der Waals surface area contributed by atoms with Crippen LogP contribution in [0.3, 0.4) is 0 Å². The highest BCUT2D eigenvalue weighted by molar-refractivity contribution is 8.76. The molecule has 29 heavy (non-hydrogen) atoms. The van der Waals surface area contributed by atoms with Crippen LogP contribution in [-0.2, 0) is 18.6 Å². The van der Waals surface area contributed by atoms with Crippen molar-refractivity contribution >= 4 is 35.2 Å². The molecule has 2 heterocycles. The first-order valence-electron chi connectivity index (χ1n) is 8.41. The minimum atomic E-state index is -4.94. The van der Waals surface area contributed by atoms with Crippen LogP contribution in [0.25, 0.3) is 0 Å². The zero-order valence-corrected chi connectivity index (χ0v) is 18.2. The lowest BCUT2D eigenvalue weighted by Gasteiger charge is -2.24. The molecular weight excluding hydrogens is 443 g/mol. The first kappa shape index (κ1) is 24.2. The van der Waals surface area contributed by atoms with E-state index in [9.17, 15) is 14.3 Å². The summed E-state index contributed by atoms with van der Waals surface area (Å²) in [5, 5.41) is 0. The van der Waals surface area contributed by atoms with Crippen molar-refractivity contribution in [1.29, 1.82) is 0 Å². The van der Waals surface area contributed by atoms with E-state index in [1.54, 1.807) is 0 Å². The van der Waals surface area contributed by atoms with Crippen molar-refractivity contribution in [1.82, 2.24) is 9.55 Å². The molecule has 14 heteroatoms. The molecule has 0 amide bonds. The van der Waals surface area contributed by atoms with Gasteiger partial charge in [-0.3, -0.25) is 9.13 Å². The lowest BCUT2D eigenvalue weighted by Crippen LogP contribution is -2.31. The Kier molecular flexibility index (Phi) is 9.02. The predicted molar refractivity (Wildman–Crippen MR) is 109 cm³/mol. The van der Waals surface area contributed by atoms with Crippen LogP contribution < -0.4 is 22.1 Å². The average Bonchev–Trinajstić information content (AvgIpc) is 3.01. The number of hydrogen-bond acceptors (Lipinski definition) is 11. The summed E-state index contributed by atoms with van der Waals surface area (Å²) < 4.78 is 28.3. The molecule has 1 fully saturated rings. The van der Waals surface area contributed by atoms with Gasteiger partial charge in [0.2, 0.25) is 0 Å². The molecule has 0 aromatic carbocycles. The SMILES string of the molecule is CSS[C@@H](C)OC1C[C@H](n2cc(C#CCN)c(N)nc2=O)O[C@@H]1COP(=O)([O-])O. The number of anilines is 1. The number of nitrogens with zero attached hydrogens (tertiary/aromatic N) is 2. The minimum absolute atomic E-state index is 0.0320. The van der Waals surface area contributed by atoms with Gasteiger partial charge in [0.1, 0.15) is 23.6 Å². The van der Waals surface area contributed by atoms with E-state index in [4.69, 9.17) is 25.8 Å². The van der Waals surface area contributed by atoms with Gasteiger partial charge < -0.3 is 35.3 Å². The van der Waals surface area contributed by atoms with Gasteiger partial charge in [-0.2, -0.15) is 4.98 Å². The standard InChI is InChI=1S/C15H23N4O7PS2/c1-9(29-28-2)25-11-6-13(26-12(11)8-24-27(21,22)23)19-7-10(4-3-5-16)14(17)18-15(19)20/h7,9,11-13H,5-6,8,16H2,1-2H3,(H2,17,18,20)(H2,21,22,23)/p-1/t9-,11?,12+,13+/m0/s1. The summed E-state index contributed by atoms with van der Waals surface area (Å²) in [5.41, 5.74) is 10.5. The van der Waals surface area contributed by atoms with E-state index in [1.807, 2.05) is 13.2 Å². The first-order chi connectivity index (χ1) is 13.6. The van der Waals surface area contributed by atoms with Gasteiger partial charge in [-0.1, -0.05) is 33.4 Å². The summed E-state index contributed by atoms with van der Waals surface area (Å²) >= 11 is 0. The summed E-state index contributed by atoms with van der Waals surface area (Å²) in [7, 11) is -1.98. The van der Waals surface area contributed by atoms with Gasteiger partial charge in [-0.05, 0) is 13.2 Å². The fourth-order valence-corrected chi connectivity index (χ4v) is 4.41. The van der Waals surface area contributed by atoms with E-state index in [0.717, 1.165) is 0 Å². The molecule has 0 saturated carbocycles. The predicted octanol–water partition coefficient (Wildman–Crippen LogP) is -0.357. The van der Waals surface area contributed by atoms with E-state index < -0.39 is 38.6 Å². The molecule has 1 saturated heterocycles. The molecule has 11 nitrogen and oxygen atoms in total. The Labute approximate surface area is 175 Å². The summed E-state index contributed by atoms with van der Waals surface area (Å²) in [6, 6.07) is 0. The maximum atomic E-state index is 12.3. The van der Waals surface area contributed by atoms with Crippen molar-refractivity contribution in [2.45, 2.75) is 37.2 Å². The monoisotopic (exact) mass is 465 g/mol. The van der Waals surface area contributed by atoms with Gasteiger partial charge in [0, 0.05) is 12.6 Å². The van der Waals surface area contributed by atoms with E-state index in [1.165, 1.54) is 32.4 Å². The van der Waals surface area contributed by atoms with Gasteiger partial charge >= 0.3 is 5.69 Å². The van der Waals surface area contributed by atoms with Crippen molar-refractivity contribution < 1.29 is 28.3 Å². The zero-order valence-electron chi connectivity index (χ0n) is 15.7. The number of rotatable bonds is 8. The van der Waals surface area contributed by atoms with Crippen LogP contribution in [0.15, 0.2) is 11.0 Å². The van der Waals surface area contributed by atoms with Gasteiger partial charge in [0.05, 0.1) is 24.8 Å². The second-order valence-electron chi connectivity index (χ2n) is 5.87. The van der Waals surface area contributed by atoms with Crippen molar-refractivity contribution in [3.8, 4) is 11.8 Å². The lowest BCUT2D eigenvalue weighted by molar-refractivity contribution is -0.223. The highest BCUT2D eigenvalue weighted by Gasteiger charge is 2.39. The van der Waals surface area contributed by atoms with Gasteiger partial charge in [0.25, 0.3) is 7.82 Å². The minimum Gasteiger partial charge on any atom is -0.756 e. The molecule has 1 aromatic heterocycles. The normalized spacial score (nSPS) is 24.5. The molecule has 1 aliphatic heterocycles. The molecule has 0 bridgehead atoms. The Bertz CT molecular complexity index is 868. The Morgan fingerprint density at radius 2 is 2.34 bits per heavy atom. The Morgan fingerprint density at radius 1 is 1.62 bits per heavy atom. The number of phosphoric acid groups is 1. The molecule has 1 aliphatic rings. The highest BCUT2D eigenvalue weighted by Crippen LogP contribution is 2.37. The van der Waals surface area contributed by atoms with E-state index >= 15 is 0 Å². The average molecular weight is 465 g/mol. The van der Waals surface area contributed by atoms with Crippen LogP contribution in [0.1, 0.15) is 25.1 Å². The summed E-state index contributed by atoms with van der Waals surface area (Å²) in [5.74, 6) is 5.33. The van der Waals surface area contributed by atoms with Crippen molar-refractivity contribution in [2.24, 2.45) is 5.73 Å². The second-order valence-corrected chi connectivity index (χ2v) is 9.83. The summed E-state index contributed by atoms with van der Waals surface area (Å²) in [6.45, 7) is 1.47. The Hall–Kier alpha value is -1.07. The molecule has 1 aromatic rings. The first-order valence-corrected chi connectivity index (χ1v) is 12.5. The Balaban J connectivity index is 2.27. The molecular formula is C15H22N4O7PS2-. The number of aromatic nitrogens is 2. The van der Waals surface area contributed by atoms with Crippen LogP contribution in [0.2, 0.25) is 0 Å². The third-order valence-electron chi connectivity index (χ3n) is 3.80.